The van der Waals surface area contributed by atoms with Gasteiger partial charge in [0, 0.05) is 60.5 Å². The first-order valence-electron chi connectivity index (χ1n) is 16.5. The van der Waals surface area contributed by atoms with E-state index < -0.39 is 17.5 Å². The summed E-state index contributed by atoms with van der Waals surface area (Å²) in [5.41, 5.74) is 3.01. The summed E-state index contributed by atoms with van der Waals surface area (Å²) >= 11 is 13.9. The third-order valence-electron chi connectivity index (χ3n) is 8.04. The number of amides is 2. The number of carbonyl (C=O) groups is 2. The number of hydrogen-bond donors (Lipinski definition) is 4. The number of nitrogens with one attached hydrogen (secondary N) is 3. The predicted octanol–water partition coefficient (Wildman–Crippen LogP) is 7.11. The van der Waals surface area contributed by atoms with Crippen molar-refractivity contribution < 1.29 is 28.6 Å². The van der Waals surface area contributed by atoms with Gasteiger partial charge in [0.1, 0.15) is 5.60 Å². The summed E-state index contributed by atoms with van der Waals surface area (Å²) in [7, 11) is 1.49. The summed E-state index contributed by atoms with van der Waals surface area (Å²) in [6, 6.07) is 15.4. The molecule has 14 heteroatoms. The van der Waals surface area contributed by atoms with Crippen molar-refractivity contribution in [3.8, 4) is 28.4 Å². The fourth-order valence-electron chi connectivity index (χ4n) is 5.63. The maximum Gasteiger partial charge on any atom is 0.410 e. The monoisotopic (exact) mass is 738 g/mol. The van der Waals surface area contributed by atoms with Crippen molar-refractivity contribution in [2.75, 3.05) is 32.1 Å². The molecule has 1 saturated heterocycles. The van der Waals surface area contributed by atoms with Gasteiger partial charge in [-0.25, -0.2) is 14.2 Å². The summed E-state index contributed by atoms with van der Waals surface area (Å²) in [6.07, 6.45) is 2.10. The zero-order chi connectivity index (χ0) is 36.7. The molecule has 0 saturated carbocycles. The molecule has 0 radical (unpaired) electrons. The van der Waals surface area contributed by atoms with Gasteiger partial charge in [-0.1, -0.05) is 47.5 Å². The molecule has 2 aromatic heterocycles. The Labute approximate surface area is 306 Å². The van der Waals surface area contributed by atoms with Gasteiger partial charge in [0.25, 0.3) is 0 Å². The van der Waals surface area contributed by atoms with E-state index in [0.717, 1.165) is 0 Å². The van der Waals surface area contributed by atoms with E-state index in [-0.39, 0.29) is 59.8 Å². The molecule has 11 nitrogen and oxygen atoms in total. The number of methoxy groups -OCH3 is 1. The molecule has 0 unspecified atom stereocenters. The Hall–Kier alpha value is -4.49. The molecular weight excluding hydrogens is 698 g/mol. The van der Waals surface area contributed by atoms with Gasteiger partial charge in [-0.2, -0.15) is 0 Å². The number of carbonyl (C=O) groups excluding carboxylic acids is 2. The first-order chi connectivity index (χ1) is 24.4. The molecule has 0 aliphatic carbocycles. The fourth-order valence-corrected chi connectivity index (χ4v) is 6.21. The summed E-state index contributed by atoms with van der Waals surface area (Å²) < 4.78 is 26.7. The number of halogens is 3. The zero-order valence-corrected chi connectivity index (χ0v) is 30.4. The van der Waals surface area contributed by atoms with Crippen molar-refractivity contribution in [3.63, 3.8) is 0 Å². The van der Waals surface area contributed by atoms with Crippen molar-refractivity contribution in [1.29, 1.82) is 0 Å². The number of aliphatic hydroxyl groups excluding tert-OH is 1. The average molecular weight is 740 g/mol. The van der Waals surface area contributed by atoms with Crippen LogP contribution in [0.3, 0.4) is 0 Å². The first kappa shape index (κ1) is 37.8. The molecule has 270 valence electrons. The number of rotatable bonds is 13. The van der Waals surface area contributed by atoms with E-state index in [2.05, 4.69) is 20.9 Å². The maximum absolute atomic E-state index is 15.3. The number of ether oxygens (including phenoxy) is 2. The van der Waals surface area contributed by atoms with Crippen LogP contribution >= 0.6 is 23.2 Å². The lowest BCUT2D eigenvalue weighted by molar-refractivity contribution is -0.119. The molecule has 3 heterocycles. The van der Waals surface area contributed by atoms with Crippen LogP contribution in [0.2, 0.25) is 10.0 Å². The van der Waals surface area contributed by atoms with Gasteiger partial charge >= 0.3 is 6.09 Å². The summed E-state index contributed by atoms with van der Waals surface area (Å²) in [5, 5.41) is 18.6. The van der Waals surface area contributed by atoms with E-state index in [4.69, 9.17) is 42.8 Å². The van der Waals surface area contributed by atoms with E-state index in [1.807, 2.05) is 6.07 Å². The molecule has 1 aliphatic heterocycles. The number of hydrogen-bond acceptors (Lipinski definition) is 9. The van der Waals surface area contributed by atoms with Crippen LogP contribution in [0, 0.1) is 5.82 Å². The van der Waals surface area contributed by atoms with Gasteiger partial charge in [0.05, 0.1) is 53.1 Å². The highest BCUT2D eigenvalue weighted by molar-refractivity contribution is 6.39. The standard InChI is InChI=1S/C37H41Cl2FN6O5/c1-37(2,3)51-36(49)46(21-24-12-14-30(48)43-24)20-23-11-13-27(45-35(23)50-4)25-15-16-42-34(32(25)39)26-8-6-9-28(31(26)38)44-29-10-5-7-22(33(29)40)19-41-17-18-47/h5-11,13,15-16,24,41,44,47H,12,14,17-21H2,1-4H3,(H,43,48)/t24-/m0/s1. The number of aliphatic hydroxyl groups is 1. The molecule has 2 aromatic carbocycles. The summed E-state index contributed by atoms with van der Waals surface area (Å²) in [6.45, 7) is 6.33. The fraction of sp³-hybridized carbons (Fsp3) is 0.351. The number of aromatic nitrogens is 2. The molecular formula is C37H41Cl2FN6O5. The lowest BCUT2D eigenvalue weighted by atomic mass is 10.0. The largest absolute Gasteiger partial charge is 0.481 e. The Morgan fingerprint density at radius 3 is 2.53 bits per heavy atom. The second kappa shape index (κ2) is 16.7. The van der Waals surface area contributed by atoms with Gasteiger partial charge in [-0.3, -0.25) is 9.78 Å². The maximum atomic E-state index is 15.3. The van der Waals surface area contributed by atoms with E-state index in [1.165, 1.54) is 12.0 Å². The van der Waals surface area contributed by atoms with Crippen molar-refractivity contribution in [1.82, 2.24) is 25.5 Å². The normalized spacial score (nSPS) is 14.3. The molecule has 0 spiro atoms. The van der Waals surface area contributed by atoms with Crippen molar-refractivity contribution >= 4 is 46.6 Å². The zero-order valence-electron chi connectivity index (χ0n) is 28.9. The van der Waals surface area contributed by atoms with E-state index in [9.17, 15) is 9.59 Å². The summed E-state index contributed by atoms with van der Waals surface area (Å²) in [4.78, 5) is 35.9. The van der Waals surface area contributed by atoms with E-state index in [0.29, 0.717) is 58.7 Å². The van der Waals surface area contributed by atoms with Gasteiger partial charge in [0.15, 0.2) is 5.82 Å². The molecule has 1 aliphatic rings. The Bertz CT molecular complexity index is 1890. The highest BCUT2D eigenvalue weighted by atomic mass is 35.5. The van der Waals surface area contributed by atoms with Crippen LogP contribution in [0.15, 0.2) is 60.8 Å². The van der Waals surface area contributed by atoms with Crippen molar-refractivity contribution in [2.24, 2.45) is 0 Å². The topological polar surface area (TPSA) is 138 Å². The molecule has 4 N–H and O–H groups in total. The molecule has 4 aromatic rings. The third kappa shape index (κ3) is 9.44. The van der Waals surface area contributed by atoms with Crippen molar-refractivity contribution in [2.45, 2.75) is 58.3 Å². The van der Waals surface area contributed by atoms with Crippen LogP contribution in [-0.4, -0.2) is 70.4 Å². The SMILES string of the molecule is COc1nc(-c2ccnc(-c3cccc(Nc4cccc(CNCCO)c4F)c3Cl)c2Cl)ccc1CN(C[C@@H]1CCC(=O)N1)C(=O)OC(C)(C)C. The van der Waals surface area contributed by atoms with Crippen LogP contribution < -0.4 is 20.7 Å². The number of anilines is 2. The Morgan fingerprint density at radius 2 is 1.82 bits per heavy atom. The van der Waals surface area contributed by atoms with Crippen LogP contribution in [0.5, 0.6) is 5.88 Å². The summed E-state index contributed by atoms with van der Waals surface area (Å²) in [5.74, 6) is -0.204. The highest BCUT2D eigenvalue weighted by Crippen LogP contribution is 2.41. The quantitative estimate of drug-likeness (QED) is 0.106. The number of benzene rings is 2. The minimum atomic E-state index is -0.714. The number of nitrogens with zero attached hydrogens (tertiary/aromatic N) is 3. The average Bonchev–Trinajstić information content (AvgIpc) is 3.51. The molecule has 5 rings (SSSR count). The minimum absolute atomic E-state index is 0.0479. The molecule has 1 atom stereocenters. The Kier molecular flexibility index (Phi) is 12.4. The second-order valence-electron chi connectivity index (χ2n) is 13.0. The molecule has 2 amide bonds. The highest BCUT2D eigenvalue weighted by Gasteiger charge is 2.29. The van der Waals surface area contributed by atoms with Crippen LogP contribution in [0.25, 0.3) is 22.5 Å². The minimum Gasteiger partial charge on any atom is -0.481 e. The van der Waals surface area contributed by atoms with E-state index >= 15 is 4.39 Å². The van der Waals surface area contributed by atoms with Gasteiger partial charge in [-0.05, 0) is 57.5 Å². The lowest BCUT2D eigenvalue weighted by Crippen LogP contribution is -2.43. The van der Waals surface area contributed by atoms with Crippen LogP contribution in [0.1, 0.15) is 44.7 Å². The van der Waals surface area contributed by atoms with Crippen LogP contribution in [-0.2, 0) is 22.6 Å². The number of pyridine rings is 2. The Balaban J connectivity index is 1.41. The molecule has 51 heavy (non-hydrogen) atoms. The van der Waals surface area contributed by atoms with Gasteiger partial charge in [0.2, 0.25) is 11.8 Å². The molecule has 0 bridgehead atoms. The molecule has 1 fully saturated rings. The first-order valence-corrected chi connectivity index (χ1v) is 17.2. The van der Waals surface area contributed by atoms with Gasteiger partial charge < -0.3 is 35.4 Å². The predicted molar refractivity (Wildman–Crippen MR) is 196 cm³/mol. The van der Waals surface area contributed by atoms with Crippen LogP contribution in [0.4, 0.5) is 20.6 Å². The van der Waals surface area contributed by atoms with Gasteiger partial charge in [-0.15, -0.1) is 0 Å². The Morgan fingerprint density at radius 1 is 1.06 bits per heavy atom. The lowest BCUT2D eigenvalue weighted by Gasteiger charge is -2.29. The van der Waals surface area contributed by atoms with Crippen molar-refractivity contribution in [3.05, 3.63) is 87.8 Å². The second-order valence-corrected chi connectivity index (χ2v) is 13.8. The third-order valence-corrected chi connectivity index (χ3v) is 8.83. The smallest absolute Gasteiger partial charge is 0.410 e. The van der Waals surface area contributed by atoms with E-state index in [1.54, 1.807) is 75.5 Å².